The third-order valence-electron chi connectivity index (χ3n) is 5.41. The van der Waals surface area contributed by atoms with Gasteiger partial charge in [0.2, 0.25) is 11.9 Å². The van der Waals surface area contributed by atoms with Gasteiger partial charge in [-0.3, -0.25) is 9.69 Å². The SMILES string of the molecule is O=C(NCCN1CCN(c2ncccn2)CC1)C1CCCCCCC1. The van der Waals surface area contributed by atoms with Gasteiger partial charge < -0.3 is 10.2 Å². The van der Waals surface area contributed by atoms with E-state index in [0.717, 1.165) is 58.1 Å². The summed E-state index contributed by atoms with van der Waals surface area (Å²) in [4.78, 5) is 25.7. The monoisotopic (exact) mass is 345 g/mol. The molecule has 0 unspecified atom stereocenters. The van der Waals surface area contributed by atoms with E-state index in [-0.39, 0.29) is 11.8 Å². The van der Waals surface area contributed by atoms with E-state index in [9.17, 15) is 4.79 Å². The molecule has 1 aliphatic carbocycles. The molecular weight excluding hydrogens is 314 g/mol. The molecule has 0 atom stereocenters. The minimum absolute atomic E-state index is 0.243. The molecule has 1 aliphatic heterocycles. The molecule has 2 aliphatic rings. The van der Waals surface area contributed by atoms with E-state index < -0.39 is 0 Å². The second kappa shape index (κ2) is 9.70. The first-order valence-electron chi connectivity index (χ1n) is 9.85. The summed E-state index contributed by atoms with van der Waals surface area (Å²) in [5.41, 5.74) is 0. The Labute approximate surface area is 151 Å². The van der Waals surface area contributed by atoms with Gasteiger partial charge in [0.1, 0.15) is 0 Å². The van der Waals surface area contributed by atoms with Gasteiger partial charge >= 0.3 is 0 Å². The van der Waals surface area contributed by atoms with E-state index in [1.807, 2.05) is 6.07 Å². The lowest BCUT2D eigenvalue weighted by Gasteiger charge is -2.34. The highest BCUT2D eigenvalue weighted by Crippen LogP contribution is 2.22. The van der Waals surface area contributed by atoms with Crippen molar-refractivity contribution in [3.05, 3.63) is 18.5 Å². The number of hydrogen-bond donors (Lipinski definition) is 1. The van der Waals surface area contributed by atoms with Crippen LogP contribution in [0, 0.1) is 5.92 Å². The summed E-state index contributed by atoms with van der Waals surface area (Å²) < 4.78 is 0. The third-order valence-corrected chi connectivity index (χ3v) is 5.41. The largest absolute Gasteiger partial charge is 0.355 e. The maximum absolute atomic E-state index is 12.4. The zero-order valence-electron chi connectivity index (χ0n) is 15.2. The molecule has 1 aromatic rings. The molecule has 6 heteroatoms. The van der Waals surface area contributed by atoms with Crippen LogP contribution in [0.4, 0.5) is 5.95 Å². The van der Waals surface area contributed by atoms with Crippen LogP contribution in [0.1, 0.15) is 44.9 Å². The van der Waals surface area contributed by atoms with E-state index in [0.29, 0.717) is 0 Å². The van der Waals surface area contributed by atoms with Crippen LogP contribution in [0.2, 0.25) is 0 Å². The molecule has 6 nitrogen and oxygen atoms in total. The van der Waals surface area contributed by atoms with E-state index in [2.05, 4.69) is 25.1 Å². The average Bonchev–Trinajstić information content (AvgIpc) is 2.63. The topological polar surface area (TPSA) is 61.4 Å². The second-order valence-corrected chi connectivity index (χ2v) is 7.21. The van der Waals surface area contributed by atoms with Crippen LogP contribution in [-0.2, 0) is 4.79 Å². The maximum Gasteiger partial charge on any atom is 0.225 e. The molecule has 0 bridgehead atoms. The Morgan fingerprint density at radius 1 is 1.00 bits per heavy atom. The summed E-state index contributed by atoms with van der Waals surface area (Å²) in [6.07, 6.45) is 12.1. The molecule has 138 valence electrons. The molecule has 25 heavy (non-hydrogen) atoms. The van der Waals surface area contributed by atoms with Gasteiger partial charge in [-0.1, -0.05) is 32.1 Å². The second-order valence-electron chi connectivity index (χ2n) is 7.21. The lowest BCUT2D eigenvalue weighted by molar-refractivity contribution is -0.125. The molecule has 0 spiro atoms. The van der Waals surface area contributed by atoms with Crippen molar-refractivity contribution in [1.29, 1.82) is 0 Å². The molecule has 2 fully saturated rings. The fourth-order valence-electron chi connectivity index (χ4n) is 3.83. The van der Waals surface area contributed by atoms with Crippen LogP contribution in [0.3, 0.4) is 0 Å². The Balaban J connectivity index is 1.33. The molecular formula is C19H31N5O. The first kappa shape index (κ1) is 18.1. The average molecular weight is 345 g/mol. The highest BCUT2D eigenvalue weighted by molar-refractivity contribution is 5.78. The molecule has 0 aromatic carbocycles. The van der Waals surface area contributed by atoms with Crippen LogP contribution >= 0.6 is 0 Å². The molecule has 0 radical (unpaired) electrons. The van der Waals surface area contributed by atoms with Gasteiger partial charge in [-0.15, -0.1) is 0 Å². The standard InChI is InChI=1S/C19H31N5O/c25-18(17-7-4-2-1-3-5-8-17)20-11-12-23-13-15-24(16-14-23)19-21-9-6-10-22-19/h6,9-10,17H,1-5,7-8,11-16H2,(H,20,25). The summed E-state index contributed by atoms with van der Waals surface area (Å²) in [5.74, 6) is 1.34. The van der Waals surface area contributed by atoms with Gasteiger partial charge in [-0.2, -0.15) is 0 Å². The fraction of sp³-hybridized carbons (Fsp3) is 0.737. The Kier molecular flexibility index (Phi) is 7.03. The Morgan fingerprint density at radius 2 is 1.64 bits per heavy atom. The normalized spacial score (nSPS) is 20.7. The van der Waals surface area contributed by atoms with Gasteiger partial charge in [0.25, 0.3) is 0 Å². The number of nitrogens with one attached hydrogen (secondary N) is 1. The number of piperazine rings is 1. The van der Waals surface area contributed by atoms with E-state index >= 15 is 0 Å². The minimum Gasteiger partial charge on any atom is -0.355 e. The van der Waals surface area contributed by atoms with E-state index in [4.69, 9.17) is 0 Å². The van der Waals surface area contributed by atoms with Crippen LogP contribution in [0.15, 0.2) is 18.5 Å². The van der Waals surface area contributed by atoms with E-state index in [1.165, 1.54) is 32.1 Å². The molecule has 1 N–H and O–H groups in total. The van der Waals surface area contributed by atoms with Gasteiger partial charge in [0, 0.05) is 57.6 Å². The van der Waals surface area contributed by atoms with Crippen molar-refractivity contribution in [3.63, 3.8) is 0 Å². The first-order chi connectivity index (χ1) is 12.3. The molecule has 2 heterocycles. The predicted molar refractivity (Wildman–Crippen MR) is 99.5 cm³/mol. The van der Waals surface area contributed by atoms with Crippen molar-refractivity contribution in [3.8, 4) is 0 Å². The lowest BCUT2D eigenvalue weighted by Crippen LogP contribution is -2.49. The quantitative estimate of drug-likeness (QED) is 0.885. The maximum atomic E-state index is 12.4. The number of hydrogen-bond acceptors (Lipinski definition) is 5. The zero-order valence-corrected chi connectivity index (χ0v) is 15.2. The number of amides is 1. The van der Waals surface area contributed by atoms with Gasteiger partial charge in [-0.25, -0.2) is 9.97 Å². The molecule has 1 aromatic heterocycles. The van der Waals surface area contributed by atoms with Crippen LogP contribution < -0.4 is 10.2 Å². The molecule has 1 amide bonds. The van der Waals surface area contributed by atoms with Gasteiger partial charge in [0.15, 0.2) is 0 Å². The molecule has 1 saturated heterocycles. The summed E-state index contributed by atoms with van der Waals surface area (Å²) >= 11 is 0. The summed E-state index contributed by atoms with van der Waals surface area (Å²) in [5, 5.41) is 3.17. The van der Waals surface area contributed by atoms with Gasteiger partial charge in [-0.05, 0) is 18.9 Å². The lowest BCUT2D eigenvalue weighted by atomic mass is 9.90. The zero-order chi connectivity index (χ0) is 17.3. The van der Waals surface area contributed by atoms with Crippen molar-refractivity contribution in [2.24, 2.45) is 5.92 Å². The Bertz CT molecular complexity index is 508. The van der Waals surface area contributed by atoms with E-state index in [1.54, 1.807) is 12.4 Å². The van der Waals surface area contributed by atoms with Crippen molar-refractivity contribution in [2.75, 3.05) is 44.2 Å². The first-order valence-corrected chi connectivity index (χ1v) is 9.85. The summed E-state index contributed by atoms with van der Waals surface area (Å²) in [6.45, 7) is 5.58. The Hall–Kier alpha value is -1.69. The number of aromatic nitrogens is 2. The number of nitrogens with zero attached hydrogens (tertiary/aromatic N) is 4. The molecule has 1 saturated carbocycles. The summed E-state index contributed by atoms with van der Waals surface area (Å²) in [7, 11) is 0. The Morgan fingerprint density at radius 3 is 2.32 bits per heavy atom. The van der Waals surface area contributed by atoms with Crippen molar-refractivity contribution < 1.29 is 4.79 Å². The van der Waals surface area contributed by atoms with Crippen LogP contribution in [0.5, 0.6) is 0 Å². The van der Waals surface area contributed by atoms with Crippen LogP contribution in [-0.4, -0.2) is 60.0 Å². The summed E-state index contributed by atoms with van der Waals surface area (Å²) in [6, 6.07) is 1.85. The number of carbonyl (C=O) groups is 1. The van der Waals surface area contributed by atoms with Crippen molar-refractivity contribution in [1.82, 2.24) is 20.2 Å². The van der Waals surface area contributed by atoms with Crippen LogP contribution in [0.25, 0.3) is 0 Å². The third kappa shape index (κ3) is 5.66. The van der Waals surface area contributed by atoms with Gasteiger partial charge in [0.05, 0.1) is 0 Å². The number of carbonyl (C=O) groups excluding carboxylic acids is 1. The van der Waals surface area contributed by atoms with Crippen molar-refractivity contribution in [2.45, 2.75) is 44.9 Å². The fourth-order valence-corrected chi connectivity index (χ4v) is 3.83. The van der Waals surface area contributed by atoms with Crippen molar-refractivity contribution >= 4 is 11.9 Å². The predicted octanol–water partition coefficient (Wildman–Crippen LogP) is 2.08. The smallest absolute Gasteiger partial charge is 0.225 e. The number of anilines is 1. The highest BCUT2D eigenvalue weighted by atomic mass is 16.1. The number of rotatable bonds is 5. The highest BCUT2D eigenvalue weighted by Gasteiger charge is 2.21. The molecule has 3 rings (SSSR count). The minimum atomic E-state index is 0.243.